The summed E-state index contributed by atoms with van der Waals surface area (Å²) >= 11 is 0. The lowest BCUT2D eigenvalue weighted by Crippen LogP contribution is -2.32. The van der Waals surface area contributed by atoms with Gasteiger partial charge in [0.25, 0.3) is 0 Å². The molecule has 0 aliphatic carbocycles. The molecule has 2 aliphatic rings. The van der Waals surface area contributed by atoms with E-state index in [1.165, 1.54) is 6.33 Å². The van der Waals surface area contributed by atoms with Crippen molar-refractivity contribution in [2.75, 3.05) is 17.3 Å². The zero-order valence-electron chi connectivity index (χ0n) is 11.9. The number of rotatable bonds is 2. The molecule has 4 heterocycles. The van der Waals surface area contributed by atoms with Gasteiger partial charge in [-0.1, -0.05) is 6.92 Å². The Labute approximate surface area is 125 Å². The van der Waals surface area contributed by atoms with Gasteiger partial charge < -0.3 is 19.7 Å². The summed E-state index contributed by atoms with van der Waals surface area (Å²) in [7, 11) is 0. The molecule has 0 unspecified atom stereocenters. The number of aliphatic hydroxyl groups is 1. The van der Waals surface area contributed by atoms with E-state index < -0.39 is 0 Å². The molecule has 4 N–H and O–H groups in total. The molecule has 1 saturated heterocycles. The molecule has 1 fully saturated rings. The summed E-state index contributed by atoms with van der Waals surface area (Å²) in [6.45, 7) is 2.06. The Hall–Kier alpha value is -2.39. The van der Waals surface area contributed by atoms with E-state index in [4.69, 9.17) is 4.74 Å². The molecule has 3 atom stereocenters. The molecule has 0 aromatic carbocycles. The van der Waals surface area contributed by atoms with Crippen LogP contribution in [0.2, 0.25) is 0 Å². The molecule has 2 aromatic rings. The maximum absolute atomic E-state index is 11.7. The minimum atomic E-state index is -0.370. The number of hydrogen-bond donors (Lipinski definition) is 4. The fourth-order valence-electron chi connectivity index (χ4n) is 3.11. The number of amides is 2. The van der Waals surface area contributed by atoms with Gasteiger partial charge in [0.1, 0.15) is 18.2 Å². The van der Waals surface area contributed by atoms with Crippen molar-refractivity contribution in [3.8, 4) is 0 Å². The number of nitrogens with one attached hydrogen (secondary N) is 3. The zero-order valence-corrected chi connectivity index (χ0v) is 11.9. The quantitative estimate of drug-likeness (QED) is 0.653. The maximum atomic E-state index is 11.7. The molecule has 0 spiro atoms. The second-order valence-corrected chi connectivity index (χ2v) is 5.62. The van der Waals surface area contributed by atoms with Gasteiger partial charge in [-0.3, -0.25) is 10.9 Å². The molecule has 116 valence electrons. The number of aliphatic hydroxyl groups excluding tert-OH is 1. The number of urea groups is 1. The summed E-state index contributed by atoms with van der Waals surface area (Å²) in [6, 6.07) is -0.370. The van der Waals surface area contributed by atoms with Crippen LogP contribution in [0.5, 0.6) is 0 Å². The van der Waals surface area contributed by atoms with E-state index in [1.807, 2.05) is 4.57 Å². The second-order valence-electron chi connectivity index (χ2n) is 5.62. The predicted molar refractivity (Wildman–Crippen MR) is 78.1 cm³/mol. The van der Waals surface area contributed by atoms with Gasteiger partial charge in [-0.15, -0.1) is 0 Å². The first-order valence-corrected chi connectivity index (χ1v) is 7.12. The van der Waals surface area contributed by atoms with Crippen molar-refractivity contribution < 1.29 is 14.6 Å². The standard InChI is InChI=1S/C13H16N6O3/c1-6-2-7(4-20)22-12(6)19-3-8-9-10(14-5-15-11(9)19)17-18-13(21)16-8/h3,5-7,12,20H,2,4H2,1H3,(H,14,15,17)(H2,16,18,21)/t6-,7-,12+/m0/s1. The van der Waals surface area contributed by atoms with Crippen LogP contribution in [0.4, 0.5) is 16.3 Å². The van der Waals surface area contributed by atoms with Crippen LogP contribution in [0.15, 0.2) is 12.5 Å². The second kappa shape index (κ2) is 4.82. The van der Waals surface area contributed by atoms with Gasteiger partial charge in [0, 0.05) is 12.1 Å². The van der Waals surface area contributed by atoms with Crippen LogP contribution in [-0.4, -0.2) is 38.4 Å². The monoisotopic (exact) mass is 304 g/mol. The van der Waals surface area contributed by atoms with Crippen LogP contribution in [0.1, 0.15) is 19.6 Å². The summed E-state index contributed by atoms with van der Waals surface area (Å²) in [5.74, 6) is 0.755. The average Bonchev–Trinajstić information content (AvgIpc) is 3.01. The topological polar surface area (TPSA) is 113 Å². The van der Waals surface area contributed by atoms with Crippen LogP contribution >= 0.6 is 0 Å². The molecule has 2 aromatic heterocycles. The van der Waals surface area contributed by atoms with Crippen LogP contribution in [0, 0.1) is 5.92 Å². The molecule has 9 heteroatoms. The molecule has 0 saturated carbocycles. The average molecular weight is 304 g/mol. The Morgan fingerprint density at radius 3 is 3.09 bits per heavy atom. The third kappa shape index (κ3) is 1.90. The number of carbonyl (C=O) groups is 1. The Morgan fingerprint density at radius 1 is 1.45 bits per heavy atom. The highest BCUT2D eigenvalue weighted by Crippen LogP contribution is 2.39. The predicted octanol–water partition coefficient (Wildman–Crippen LogP) is 0.809. The number of aromatic nitrogens is 3. The van der Waals surface area contributed by atoms with E-state index in [9.17, 15) is 9.90 Å². The minimum absolute atomic E-state index is 0.00462. The molecule has 4 rings (SSSR count). The number of anilines is 2. The van der Waals surface area contributed by atoms with Crippen LogP contribution in [0.25, 0.3) is 11.0 Å². The van der Waals surface area contributed by atoms with Crippen LogP contribution in [-0.2, 0) is 4.74 Å². The highest BCUT2D eigenvalue weighted by atomic mass is 16.5. The Morgan fingerprint density at radius 2 is 2.32 bits per heavy atom. The summed E-state index contributed by atoms with van der Waals surface area (Å²) in [6.07, 6.45) is 3.60. The van der Waals surface area contributed by atoms with Gasteiger partial charge in [-0.2, -0.15) is 0 Å². The smallest absolute Gasteiger partial charge is 0.337 e. The molecular weight excluding hydrogens is 288 g/mol. The van der Waals surface area contributed by atoms with Gasteiger partial charge >= 0.3 is 6.03 Å². The third-order valence-corrected chi connectivity index (χ3v) is 4.08. The van der Waals surface area contributed by atoms with E-state index >= 15 is 0 Å². The zero-order chi connectivity index (χ0) is 15.3. The molecule has 2 aliphatic heterocycles. The normalized spacial score (nSPS) is 27.2. The van der Waals surface area contributed by atoms with Crippen molar-refractivity contribution in [2.45, 2.75) is 25.7 Å². The van der Waals surface area contributed by atoms with Crippen molar-refractivity contribution in [1.29, 1.82) is 0 Å². The van der Waals surface area contributed by atoms with Gasteiger partial charge in [-0.25, -0.2) is 14.8 Å². The fourth-order valence-corrected chi connectivity index (χ4v) is 3.11. The van der Waals surface area contributed by atoms with E-state index in [0.29, 0.717) is 17.2 Å². The SMILES string of the molecule is C[C@H]1C[C@@H](CO)O[C@H]1n1cc2c3c(ncnc31)NNC(=O)N2. The van der Waals surface area contributed by atoms with Crippen molar-refractivity contribution in [2.24, 2.45) is 5.92 Å². The van der Waals surface area contributed by atoms with Crippen molar-refractivity contribution in [1.82, 2.24) is 20.0 Å². The summed E-state index contributed by atoms with van der Waals surface area (Å²) < 4.78 is 7.79. The first kappa shape index (κ1) is 13.3. The van der Waals surface area contributed by atoms with E-state index in [0.717, 1.165) is 11.8 Å². The first-order valence-electron chi connectivity index (χ1n) is 7.12. The highest BCUT2D eigenvalue weighted by Gasteiger charge is 2.35. The Balaban J connectivity index is 1.85. The third-order valence-electron chi connectivity index (χ3n) is 4.08. The molecule has 0 bridgehead atoms. The maximum Gasteiger partial charge on any atom is 0.337 e. The fraction of sp³-hybridized carbons (Fsp3) is 0.462. The number of nitrogens with zero attached hydrogens (tertiary/aromatic N) is 3. The van der Waals surface area contributed by atoms with Crippen molar-refractivity contribution in [3.63, 3.8) is 0 Å². The van der Waals surface area contributed by atoms with E-state index in [2.05, 4.69) is 33.1 Å². The van der Waals surface area contributed by atoms with Gasteiger partial charge in [0.2, 0.25) is 0 Å². The highest BCUT2D eigenvalue weighted by molar-refractivity contribution is 6.07. The lowest BCUT2D eigenvalue weighted by atomic mass is 10.1. The van der Waals surface area contributed by atoms with Crippen LogP contribution in [0.3, 0.4) is 0 Å². The summed E-state index contributed by atoms with van der Waals surface area (Å²) in [4.78, 5) is 20.2. The number of hydrogen-bond acceptors (Lipinski definition) is 6. The molecular formula is C13H16N6O3. The minimum Gasteiger partial charge on any atom is -0.394 e. The Kier molecular flexibility index (Phi) is 2.91. The van der Waals surface area contributed by atoms with Crippen molar-refractivity contribution >= 4 is 28.6 Å². The Bertz CT molecular complexity index is 745. The summed E-state index contributed by atoms with van der Waals surface area (Å²) in [5, 5.41) is 12.8. The van der Waals surface area contributed by atoms with Crippen LogP contribution < -0.4 is 16.2 Å². The van der Waals surface area contributed by atoms with E-state index in [-0.39, 0.29) is 30.9 Å². The lowest BCUT2D eigenvalue weighted by Gasteiger charge is -2.18. The largest absolute Gasteiger partial charge is 0.394 e. The first-order chi connectivity index (χ1) is 10.7. The molecule has 0 radical (unpaired) electrons. The van der Waals surface area contributed by atoms with Gasteiger partial charge in [-0.05, 0) is 6.42 Å². The molecule has 2 amide bonds. The number of ether oxygens (including phenoxy) is 1. The number of carbonyl (C=O) groups excluding carboxylic acids is 1. The summed E-state index contributed by atoms with van der Waals surface area (Å²) in [5.41, 5.74) is 6.55. The molecule has 9 nitrogen and oxygen atoms in total. The van der Waals surface area contributed by atoms with Crippen molar-refractivity contribution in [3.05, 3.63) is 12.5 Å². The number of hydrazine groups is 1. The van der Waals surface area contributed by atoms with Gasteiger partial charge in [0.05, 0.1) is 23.8 Å². The molecule has 22 heavy (non-hydrogen) atoms. The lowest BCUT2D eigenvalue weighted by molar-refractivity contribution is -0.0291. The van der Waals surface area contributed by atoms with Gasteiger partial charge in [0.15, 0.2) is 5.82 Å². The van der Waals surface area contributed by atoms with E-state index in [1.54, 1.807) is 6.20 Å².